The van der Waals surface area contributed by atoms with E-state index in [2.05, 4.69) is 0 Å². The highest BCUT2D eigenvalue weighted by Gasteiger charge is 2.18. The molecule has 1 aromatic rings. The van der Waals surface area contributed by atoms with Crippen molar-refractivity contribution in [2.75, 3.05) is 0 Å². The van der Waals surface area contributed by atoms with Gasteiger partial charge in [0, 0.05) is 6.07 Å². The summed E-state index contributed by atoms with van der Waals surface area (Å²) < 4.78 is 36.5. The van der Waals surface area contributed by atoms with Crippen molar-refractivity contribution in [3.05, 3.63) is 33.0 Å². The predicted molar refractivity (Wildman–Crippen MR) is 37.0 cm³/mol. The second-order valence-electron chi connectivity index (χ2n) is 2.01. The van der Waals surface area contributed by atoms with Gasteiger partial charge in [0.15, 0.2) is 0 Å². The number of alkyl halides is 2. The van der Waals surface area contributed by atoms with E-state index in [0.717, 1.165) is 0 Å². The van der Waals surface area contributed by atoms with E-state index in [0.29, 0.717) is 6.07 Å². The summed E-state index contributed by atoms with van der Waals surface area (Å²) in [6, 6.07) is 0.424. The zero-order valence-electron chi connectivity index (χ0n) is 5.57. The molecule has 1 rings (SSSR count). The molecule has 0 radical (unpaired) electrons. The summed E-state index contributed by atoms with van der Waals surface area (Å²) in [7, 11) is 0. The molecule has 0 amide bonds. The van der Waals surface area contributed by atoms with Gasteiger partial charge in [-0.2, -0.15) is 0 Å². The van der Waals surface area contributed by atoms with Crippen LogP contribution >= 0.6 is 11.6 Å². The first-order valence-corrected chi connectivity index (χ1v) is 3.26. The monoisotopic (exact) mass is 197 g/mol. The number of hydrogen-bond donors (Lipinski definition) is 1. The van der Waals surface area contributed by atoms with Crippen LogP contribution in [0.4, 0.5) is 13.2 Å². The Balaban J connectivity index is 3.38. The topological polar surface area (TPSA) is 32.9 Å². The summed E-state index contributed by atoms with van der Waals surface area (Å²) in [5, 5.41) is -0.657. The SMILES string of the molecule is O=c1cc(F)c(C(F)F)c(Cl)[nH]1. The highest BCUT2D eigenvalue weighted by Crippen LogP contribution is 2.26. The van der Waals surface area contributed by atoms with Crippen LogP contribution in [0.5, 0.6) is 0 Å². The zero-order chi connectivity index (χ0) is 9.30. The van der Waals surface area contributed by atoms with Gasteiger partial charge >= 0.3 is 0 Å². The lowest BCUT2D eigenvalue weighted by atomic mass is 10.3. The van der Waals surface area contributed by atoms with Crippen molar-refractivity contribution in [3.8, 4) is 0 Å². The average molecular weight is 198 g/mol. The molecule has 0 fully saturated rings. The molecule has 0 aliphatic rings. The Hall–Kier alpha value is -0.970. The Bertz CT molecular complexity index is 323. The molecule has 0 atom stereocenters. The molecule has 0 unspecified atom stereocenters. The van der Waals surface area contributed by atoms with Crippen molar-refractivity contribution in [2.45, 2.75) is 6.43 Å². The van der Waals surface area contributed by atoms with Gasteiger partial charge in [-0.3, -0.25) is 4.79 Å². The molecular formula is C6H3ClF3NO. The molecule has 0 bridgehead atoms. The van der Waals surface area contributed by atoms with Crippen molar-refractivity contribution < 1.29 is 13.2 Å². The third-order valence-electron chi connectivity index (χ3n) is 1.20. The normalized spacial score (nSPS) is 10.8. The summed E-state index contributed by atoms with van der Waals surface area (Å²) in [6.07, 6.45) is -3.03. The van der Waals surface area contributed by atoms with E-state index in [4.69, 9.17) is 11.6 Å². The van der Waals surface area contributed by atoms with Crippen LogP contribution in [0, 0.1) is 5.82 Å². The predicted octanol–water partition coefficient (Wildman–Crippen LogP) is 2.11. The van der Waals surface area contributed by atoms with Crippen LogP contribution < -0.4 is 5.56 Å². The van der Waals surface area contributed by atoms with Gasteiger partial charge in [0.1, 0.15) is 11.0 Å². The molecule has 0 saturated heterocycles. The van der Waals surface area contributed by atoms with Gasteiger partial charge in [0.2, 0.25) is 0 Å². The first kappa shape index (κ1) is 9.12. The summed E-state index contributed by atoms with van der Waals surface area (Å²) in [5.74, 6) is -1.29. The van der Waals surface area contributed by atoms with Crippen LogP contribution in [0.3, 0.4) is 0 Å². The van der Waals surface area contributed by atoms with Crippen LogP contribution in [-0.2, 0) is 0 Å². The molecule has 0 aromatic carbocycles. The molecule has 1 aromatic heterocycles. The fraction of sp³-hybridized carbons (Fsp3) is 0.167. The van der Waals surface area contributed by atoms with Crippen LogP contribution in [0.1, 0.15) is 12.0 Å². The van der Waals surface area contributed by atoms with E-state index in [1.54, 1.807) is 0 Å². The molecule has 0 aliphatic heterocycles. The van der Waals surface area contributed by atoms with Crippen molar-refractivity contribution in [2.24, 2.45) is 0 Å². The van der Waals surface area contributed by atoms with Gasteiger partial charge in [-0.15, -0.1) is 0 Å². The summed E-state index contributed by atoms with van der Waals surface area (Å²) in [5.41, 5.74) is -1.82. The Morgan fingerprint density at radius 3 is 2.50 bits per heavy atom. The Kier molecular flexibility index (Phi) is 2.42. The summed E-state index contributed by atoms with van der Waals surface area (Å²) >= 11 is 5.15. The summed E-state index contributed by atoms with van der Waals surface area (Å²) in [4.78, 5) is 12.3. The number of hydrogen-bond acceptors (Lipinski definition) is 1. The van der Waals surface area contributed by atoms with Gasteiger partial charge in [-0.25, -0.2) is 13.2 Å². The fourth-order valence-corrected chi connectivity index (χ4v) is 0.975. The highest BCUT2D eigenvalue weighted by molar-refractivity contribution is 6.30. The molecule has 0 aliphatic carbocycles. The Morgan fingerprint density at radius 1 is 1.50 bits per heavy atom. The third-order valence-corrected chi connectivity index (χ3v) is 1.50. The van der Waals surface area contributed by atoms with Gasteiger partial charge < -0.3 is 4.98 Å². The number of halogens is 4. The quantitative estimate of drug-likeness (QED) is 0.687. The van der Waals surface area contributed by atoms with Crippen LogP contribution in [0.2, 0.25) is 5.15 Å². The van der Waals surface area contributed by atoms with Gasteiger partial charge in [-0.05, 0) is 0 Å². The first-order chi connectivity index (χ1) is 5.52. The number of rotatable bonds is 1. The molecule has 1 heterocycles. The highest BCUT2D eigenvalue weighted by atomic mass is 35.5. The lowest BCUT2D eigenvalue weighted by Gasteiger charge is -2.02. The van der Waals surface area contributed by atoms with Crippen molar-refractivity contribution in [1.29, 1.82) is 0 Å². The maximum Gasteiger partial charge on any atom is 0.269 e. The molecular weight excluding hydrogens is 195 g/mol. The lowest BCUT2D eigenvalue weighted by Crippen LogP contribution is -2.09. The largest absolute Gasteiger partial charge is 0.312 e. The molecule has 12 heavy (non-hydrogen) atoms. The molecule has 6 heteroatoms. The lowest BCUT2D eigenvalue weighted by molar-refractivity contribution is 0.146. The second kappa shape index (κ2) is 3.18. The molecule has 66 valence electrons. The van der Waals surface area contributed by atoms with E-state index in [1.807, 2.05) is 4.98 Å². The first-order valence-electron chi connectivity index (χ1n) is 2.88. The van der Waals surface area contributed by atoms with Crippen molar-refractivity contribution in [3.63, 3.8) is 0 Å². The van der Waals surface area contributed by atoms with E-state index >= 15 is 0 Å². The summed E-state index contributed by atoms with van der Waals surface area (Å²) in [6.45, 7) is 0. The zero-order valence-corrected chi connectivity index (χ0v) is 6.33. The van der Waals surface area contributed by atoms with Gasteiger partial charge in [0.05, 0.1) is 5.56 Å². The number of aromatic nitrogens is 1. The number of nitrogens with one attached hydrogen (secondary N) is 1. The van der Waals surface area contributed by atoms with Gasteiger partial charge in [0.25, 0.3) is 12.0 Å². The second-order valence-corrected chi connectivity index (χ2v) is 2.39. The fourth-order valence-electron chi connectivity index (χ4n) is 0.709. The number of pyridine rings is 1. The number of aromatic amines is 1. The Labute approximate surface area is 70.0 Å². The molecule has 0 saturated carbocycles. The van der Waals surface area contributed by atoms with E-state index in [-0.39, 0.29) is 0 Å². The van der Waals surface area contributed by atoms with Crippen molar-refractivity contribution >= 4 is 11.6 Å². The van der Waals surface area contributed by atoms with E-state index in [1.165, 1.54) is 0 Å². The standard InChI is InChI=1S/C6H3ClF3NO/c7-5-4(6(9)10)2(8)1-3(12)11-5/h1,6H,(H,11,12). The van der Waals surface area contributed by atoms with Crippen molar-refractivity contribution in [1.82, 2.24) is 4.98 Å². The minimum atomic E-state index is -3.03. The van der Waals surface area contributed by atoms with Gasteiger partial charge in [-0.1, -0.05) is 11.6 Å². The number of H-pyrrole nitrogens is 1. The molecule has 0 spiro atoms. The maximum absolute atomic E-state index is 12.6. The van der Waals surface area contributed by atoms with Crippen LogP contribution in [-0.4, -0.2) is 4.98 Å². The Morgan fingerprint density at radius 2 is 2.08 bits per heavy atom. The van der Waals surface area contributed by atoms with E-state index < -0.39 is 28.5 Å². The third kappa shape index (κ3) is 1.61. The molecule has 1 N–H and O–H groups in total. The van der Waals surface area contributed by atoms with Crippen LogP contribution in [0.15, 0.2) is 10.9 Å². The van der Waals surface area contributed by atoms with E-state index in [9.17, 15) is 18.0 Å². The average Bonchev–Trinajstić information content (AvgIpc) is 1.82. The molecule has 2 nitrogen and oxygen atoms in total. The minimum Gasteiger partial charge on any atom is -0.312 e. The minimum absolute atomic E-state index is 0.424. The van der Waals surface area contributed by atoms with Crippen LogP contribution in [0.25, 0.3) is 0 Å². The smallest absolute Gasteiger partial charge is 0.269 e. The maximum atomic E-state index is 12.6.